The molecule has 2 amide bonds. The minimum Gasteiger partial charge on any atom is -0.377 e. The van der Waals surface area contributed by atoms with E-state index >= 15 is 0 Å². The van der Waals surface area contributed by atoms with Gasteiger partial charge >= 0.3 is 0 Å². The Morgan fingerprint density at radius 1 is 0.800 bits per heavy atom. The largest absolute Gasteiger partial charge is 0.377 e. The second-order valence-corrected chi connectivity index (χ2v) is 10.8. The molecule has 1 aromatic heterocycles. The Balaban J connectivity index is 1.19. The Morgan fingerprint density at radius 3 is 2.10 bits per heavy atom. The molecule has 3 N–H and O–H groups in total. The summed E-state index contributed by atoms with van der Waals surface area (Å²) in [6.45, 7) is 1.94. The third kappa shape index (κ3) is 6.25. The predicted molar refractivity (Wildman–Crippen MR) is 162 cm³/mol. The number of pyridine rings is 1. The zero-order chi connectivity index (χ0) is 28.1. The number of nitrogens with zero attached hydrogens (tertiary/aromatic N) is 2. The van der Waals surface area contributed by atoms with E-state index in [1.54, 1.807) is 24.3 Å². The molecule has 0 spiro atoms. The van der Waals surface area contributed by atoms with Crippen molar-refractivity contribution in [3.63, 3.8) is 0 Å². The van der Waals surface area contributed by atoms with Crippen LogP contribution in [0.15, 0.2) is 84.9 Å². The Morgan fingerprint density at radius 2 is 1.40 bits per heavy atom. The van der Waals surface area contributed by atoms with Gasteiger partial charge in [0.1, 0.15) is 5.82 Å². The summed E-state index contributed by atoms with van der Waals surface area (Å²) in [4.78, 5) is 33.3. The number of fused-ring (bicyclic) bond motifs is 1. The average molecular weight is 536 g/mol. The van der Waals surface area contributed by atoms with Crippen LogP contribution < -0.4 is 20.9 Å². The van der Waals surface area contributed by atoms with Gasteiger partial charge in [0.15, 0.2) is 0 Å². The lowest BCUT2D eigenvalue weighted by Crippen LogP contribution is -2.41. The SMILES string of the molecule is C[C@H](NC(=O)c1ccccc1C(=O)N[C@H]1CC[C@@H](Nc2cc(N(C)C)c3ccccc3n2)CC1)c1ccccc1. The summed E-state index contributed by atoms with van der Waals surface area (Å²) in [5.41, 5.74) is 3.90. The van der Waals surface area contributed by atoms with Gasteiger partial charge in [-0.3, -0.25) is 9.59 Å². The first-order valence-electron chi connectivity index (χ1n) is 14.0. The van der Waals surface area contributed by atoms with Gasteiger partial charge in [-0.25, -0.2) is 4.98 Å². The first-order valence-corrected chi connectivity index (χ1v) is 14.0. The van der Waals surface area contributed by atoms with Crippen LogP contribution in [0.2, 0.25) is 0 Å². The lowest BCUT2D eigenvalue weighted by atomic mass is 9.90. The molecule has 4 aromatic rings. The summed E-state index contributed by atoms with van der Waals surface area (Å²) >= 11 is 0. The van der Waals surface area contributed by atoms with E-state index in [1.807, 2.05) is 69.6 Å². The van der Waals surface area contributed by atoms with Gasteiger partial charge in [-0.1, -0.05) is 60.7 Å². The van der Waals surface area contributed by atoms with Crippen LogP contribution >= 0.6 is 0 Å². The molecule has 40 heavy (non-hydrogen) atoms. The highest BCUT2D eigenvalue weighted by atomic mass is 16.2. The van der Waals surface area contributed by atoms with Crippen LogP contribution in [0.3, 0.4) is 0 Å². The Labute approximate surface area is 236 Å². The standard InChI is InChI=1S/C33H37N5O2/c1-22(23-11-5-4-6-12-23)34-32(39)26-13-7-8-14-27(26)33(40)36-25-19-17-24(18-20-25)35-31-21-30(38(2)3)28-15-9-10-16-29(28)37-31/h4-16,21-22,24-25H,17-20H2,1-3H3,(H,34,39)(H,35,37)(H,36,40)/t22-,24-,25+/m0/s1. The molecule has 1 saturated carbocycles. The number of hydrogen-bond acceptors (Lipinski definition) is 5. The lowest BCUT2D eigenvalue weighted by Gasteiger charge is -2.30. The Kier molecular flexibility index (Phi) is 8.29. The molecule has 0 unspecified atom stereocenters. The van der Waals surface area contributed by atoms with E-state index in [4.69, 9.17) is 4.98 Å². The summed E-state index contributed by atoms with van der Waals surface area (Å²) in [7, 11) is 4.09. The average Bonchev–Trinajstić information content (AvgIpc) is 2.98. The van der Waals surface area contributed by atoms with Gasteiger partial charge in [0, 0.05) is 43.3 Å². The van der Waals surface area contributed by atoms with Crippen molar-refractivity contribution in [3.8, 4) is 0 Å². The molecule has 7 heteroatoms. The van der Waals surface area contributed by atoms with Gasteiger partial charge < -0.3 is 20.9 Å². The van der Waals surface area contributed by atoms with Crippen molar-refractivity contribution in [1.82, 2.24) is 15.6 Å². The van der Waals surface area contributed by atoms with E-state index in [-0.39, 0.29) is 29.9 Å². The normalized spacial score (nSPS) is 17.6. The quantitative estimate of drug-likeness (QED) is 0.260. The number of anilines is 2. The summed E-state index contributed by atoms with van der Waals surface area (Å²) < 4.78 is 0. The number of nitrogens with one attached hydrogen (secondary N) is 3. The van der Waals surface area contributed by atoms with Crippen LogP contribution in [-0.2, 0) is 0 Å². The number of para-hydroxylation sites is 1. The molecule has 1 fully saturated rings. The summed E-state index contributed by atoms with van der Waals surface area (Å²) in [5.74, 6) is 0.413. The molecule has 0 aliphatic heterocycles. The molecular formula is C33H37N5O2. The molecular weight excluding hydrogens is 498 g/mol. The van der Waals surface area contributed by atoms with Crippen molar-refractivity contribution in [2.75, 3.05) is 24.3 Å². The number of aromatic nitrogens is 1. The minimum atomic E-state index is -0.255. The zero-order valence-electron chi connectivity index (χ0n) is 23.4. The van der Waals surface area contributed by atoms with Crippen molar-refractivity contribution in [1.29, 1.82) is 0 Å². The number of carbonyl (C=O) groups excluding carboxylic acids is 2. The number of carbonyl (C=O) groups is 2. The molecule has 3 aromatic carbocycles. The third-order valence-electron chi connectivity index (χ3n) is 7.65. The molecule has 5 rings (SSSR count). The van der Waals surface area contributed by atoms with E-state index in [9.17, 15) is 9.59 Å². The first-order chi connectivity index (χ1) is 19.4. The van der Waals surface area contributed by atoms with E-state index in [0.717, 1.165) is 53.7 Å². The van der Waals surface area contributed by atoms with E-state index in [1.165, 1.54) is 0 Å². The van der Waals surface area contributed by atoms with Gasteiger partial charge in [-0.2, -0.15) is 0 Å². The highest BCUT2D eigenvalue weighted by Gasteiger charge is 2.25. The molecule has 0 bridgehead atoms. The van der Waals surface area contributed by atoms with E-state index in [0.29, 0.717) is 11.1 Å². The molecule has 0 radical (unpaired) electrons. The molecule has 1 aliphatic carbocycles. The van der Waals surface area contributed by atoms with Crippen LogP contribution in [0.1, 0.15) is 64.9 Å². The van der Waals surface area contributed by atoms with Crippen LogP contribution in [0.5, 0.6) is 0 Å². The van der Waals surface area contributed by atoms with Gasteiger partial charge in [0.2, 0.25) is 0 Å². The predicted octanol–water partition coefficient (Wildman–Crippen LogP) is 5.94. The molecule has 7 nitrogen and oxygen atoms in total. The Bertz CT molecular complexity index is 1480. The second-order valence-electron chi connectivity index (χ2n) is 10.8. The van der Waals surface area contributed by atoms with Crippen molar-refractivity contribution in [3.05, 3.63) is 102 Å². The fraction of sp³-hybridized carbons (Fsp3) is 0.303. The summed E-state index contributed by atoms with van der Waals surface area (Å²) in [6, 6.07) is 27.3. The van der Waals surface area contributed by atoms with Crippen LogP contribution in [0, 0.1) is 0 Å². The molecule has 1 atom stereocenters. The fourth-order valence-electron chi connectivity index (χ4n) is 5.43. The first kappa shape index (κ1) is 27.2. The smallest absolute Gasteiger partial charge is 0.252 e. The van der Waals surface area contributed by atoms with Gasteiger partial charge in [0.05, 0.1) is 22.7 Å². The fourth-order valence-corrected chi connectivity index (χ4v) is 5.43. The lowest BCUT2D eigenvalue weighted by molar-refractivity contribution is 0.0897. The van der Waals surface area contributed by atoms with Crippen LogP contribution in [0.25, 0.3) is 10.9 Å². The zero-order valence-corrected chi connectivity index (χ0v) is 23.4. The summed E-state index contributed by atoms with van der Waals surface area (Å²) in [6.07, 6.45) is 3.56. The minimum absolute atomic E-state index is 0.0619. The van der Waals surface area contributed by atoms with Crippen LogP contribution in [0.4, 0.5) is 11.5 Å². The van der Waals surface area contributed by atoms with Gasteiger partial charge in [0.25, 0.3) is 11.8 Å². The number of amides is 2. The number of rotatable bonds is 8. The summed E-state index contributed by atoms with van der Waals surface area (Å²) in [5, 5.41) is 11.0. The van der Waals surface area contributed by atoms with Crippen LogP contribution in [-0.4, -0.2) is 43.0 Å². The Hall–Kier alpha value is -4.39. The highest BCUT2D eigenvalue weighted by molar-refractivity contribution is 6.07. The maximum Gasteiger partial charge on any atom is 0.252 e. The molecule has 0 saturated heterocycles. The van der Waals surface area contributed by atoms with Crippen molar-refractivity contribution in [2.24, 2.45) is 0 Å². The second kappa shape index (κ2) is 12.2. The topological polar surface area (TPSA) is 86.4 Å². The van der Waals surface area contributed by atoms with E-state index in [2.05, 4.69) is 33.0 Å². The van der Waals surface area contributed by atoms with Crippen molar-refractivity contribution >= 4 is 34.2 Å². The maximum absolute atomic E-state index is 13.3. The van der Waals surface area contributed by atoms with Gasteiger partial charge in [-0.05, 0) is 56.4 Å². The number of benzene rings is 3. The highest BCUT2D eigenvalue weighted by Crippen LogP contribution is 2.29. The van der Waals surface area contributed by atoms with E-state index < -0.39 is 0 Å². The monoisotopic (exact) mass is 535 g/mol. The maximum atomic E-state index is 13.3. The third-order valence-corrected chi connectivity index (χ3v) is 7.65. The molecule has 1 aliphatic rings. The van der Waals surface area contributed by atoms with Crippen molar-refractivity contribution < 1.29 is 9.59 Å². The number of hydrogen-bond donors (Lipinski definition) is 3. The molecule has 206 valence electrons. The molecule has 1 heterocycles. The van der Waals surface area contributed by atoms with Gasteiger partial charge in [-0.15, -0.1) is 0 Å². The van der Waals surface area contributed by atoms with Crippen molar-refractivity contribution in [2.45, 2.75) is 50.7 Å².